The largest absolute Gasteiger partial charge is 0.354 e. The van der Waals surface area contributed by atoms with E-state index in [4.69, 9.17) is 23.2 Å². The average Bonchev–Trinajstić information content (AvgIpc) is 2.57. The van der Waals surface area contributed by atoms with Crippen molar-refractivity contribution in [1.29, 1.82) is 0 Å². The van der Waals surface area contributed by atoms with Crippen LogP contribution < -0.4 is 5.32 Å². The van der Waals surface area contributed by atoms with Gasteiger partial charge >= 0.3 is 0 Å². The third-order valence-corrected chi connectivity index (χ3v) is 5.95. The SMILES string of the molecule is C[C@@H](Sc1ccccc1)C(=O)NCCSCc1ccc(Cl)cc1Cl. The summed E-state index contributed by atoms with van der Waals surface area (Å²) in [7, 11) is 0. The molecule has 0 spiro atoms. The molecule has 24 heavy (non-hydrogen) atoms. The van der Waals surface area contributed by atoms with Crippen molar-refractivity contribution in [1.82, 2.24) is 5.32 Å². The van der Waals surface area contributed by atoms with Gasteiger partial charge in [-0.3, -0.25) is 4.79 Å². The van der Waals surface area contributed by atoms with Crippen LogP contribution in [0.1, 0.15) is 12.5 Å². The van der Waals surface area contributed by atoms with Crippen LogP contribution in [0, 0.1) is 0 Å². The van der Waals surface area contributed by atoms with Crippen LogP contribution in [0.4, 0.5) is 0 Å². The van der Waals surface area contributed by atoms with Gasteiger partial charge in [-0.2, -0.15) is 11.8 Å². The van der Waals surface area contributed by atoms with E-state index in [2.05, 4.69) is 5.32 Å². The molecular formula is C18H19Cl2NOS2. The lowest BCUT2D eigenvalue weighted by Crippen LogP contribution is -2.32. The second kappa shape index (κ2) is 10.2. The van der Waals surface area contributed by atoms with Gasteiger partial charge in [-0.15, -0.1) is 11.8 Å². The van der Waals surface area contributed by atoms with Crippen molar-refractivity contribution in [2.24, 2.45) is 0 Å². The standard InChI is InChI=1S/C18H19Cl2NOS2/c1-13(24-16-5-3-2-4-6-16)18(22)21-9-10-23-12-14-7-8-15(19)11-17(14)20/h2-8,11,13H,9-10,12H2,1H3,(H,21,22)/t13-/m1/s1. The summed E-state index contributed by atoms with van der Waals surface area (Å²) in [5, 5.41) is 4.20. The van der Waals surface area contributed by atoms with Gasteiger partial charge in [0.05, 0.1) is 5.25 Å². The number of hydrogen-bond donors (Lipinski definition) is 1. The Hall–Kier alpha value is -0.810. The Balaban J connectivity index is 1.65. The molecule has 0 aliphatic heterocycles. The number of carbonyl (C=O) groups excluding carboxylic acids is 1. The highest BCUT2D eigenvalue weighted by Crippen LogP contribution is 2.25. The normalized spacial score (nSPS) is 12.0. The molecule has 128 valence electrons. The van der Waals surface area contributed by atoms with Crippen molar-refractivity contribution in [2.45, 2.75) is 22.8 Å². The molecule has 0 heterocycles. The molecule has 1 atom stereocenters. The van der Waals surface area contributed by atoms with Gasteiger partial charge in [-0.1, -0.05) is 47.5 Å². The molecule has 0 fully saturated rings. The Morgan fingerprint density at radius 2 is 1.92 bits per heavy atom. The van der Waals surface area contributed by atoms with Crippen LogP contribution in [0.3, 0.4) is 0 Å². The lowest BCUT2D eigenvalue weighted by Gasteiger charge is -2.12. The van der Waals surface area contributed by atoms with Crippen LogP contribution in [0.5, 0.6) is 0 Å². The second-order valence-corrected chi connectivity index (χ2v) is 8.52. The first-order chi connectivity index (χ1) is 11.6. The zero-order chi connectivity index (χ0) is 17.4. The van der Waals surface area contributed by atoms with Crippen molar-refractivity contribution in [3.8, 4) is 0 Å². The number of rotatable bonds is 8. The lowest BCUT2D eigenvalue weighted by molar-refractivity contribution is -0.120. The molecule has 0 aliphatic carbocycles. The van der Waals surface area contributed by atoms with Crippen molar-refractivity contribution in [3.05, 3.63) is 64.1 Å². The maximum atomic E-state index is 12.1. The van der Waals surface area contributed by atoms with E-state index in [1.54, 1.807) is 29.6 Å². The Bertz CT molecular complexity index is 667. The van der Waals surface area contributed by atoms with Crippen LogP contribution in [-0.4, -0.2) is 23.5 Å². The zero-order valence-corrected chi connectivity index (χ0v) is 16.4. The lowest BCUT2D eigenvalue weighted by atomic mass is 10.2. The number of halogens is 2. The molecule has 0 bridgehead atoms. The maximum absolute atomic E-state index is 12.1. The molecule has 2 rings (SSSR count). The number of amides is 1. The van der Waals surface area contributed by atoms with Gasteiger partial charge in [0.15, 0.2) is 0 Å². The summed E-state index contributed by atoms with van der Waals surface area (Å²) in [5.41, 5.74) is 1.06. The Morgan fingerprint density at radius 1 is 1.17 bits per heavy atom. The Morgan fingerprint density at radius 3 is 2.62 bits per heavy atom. The van der Waals surface area contributed by atoms with E-state index in [9.17, 15) is 4.79 Å². The molecule has 0 saturated heterocycles. The number of hydrogen-bond acceptors (Lipinski definition) is 3. The van der Waals surface area contributed by atoms with Gasteiger partial charge in [0.2, 0.25) is 5.91 Å². The van der Waals surface area contributed by atoms with E-state index in [0.29, 0.717) is 16.6 Å². The molecule has 2 nitrogen and oxygen atoms in total. The van der Waals surface area contributed by atoms with Crippen molar-refractivity contribution in [2.75, 3.05) is 12.3 Å². The Kier molecular flexibility index (Phi) is 8.33. The van der Waals surface area contributed by atoms with Crippen LogP contribution in [-0.2, 0) is 10.5 Å². The summed E-state index contributed by atoms with van der Waals surface area (Å²) in [4.78, 5) is 13.2. The van der Waals surface area contributed by atoms with Gasteiger partial charge in [0, 0.05) is 33.0 Å². The summed E-state index contributed by atoms with van der Waals surface area (Å²) in [6, 6.07) is 15.5. The van der Waals surface area contributed by atoms with E-state index < -0.39 is 0 Å². The molecule has 0 aliphatic rings. The summed E-state index contributed by atoms with van der Waals surface area (Å²) in [6.45, 7) is 2.57. The number of thioether (sulfide) groups is 2. The van der Waals surface area contributed by atoms with Gasteiger partial charge < -0.3 is 5.32 Å². The third kappa shape index (κ3) is 6.60. The van der Waals surface area contributed by atoms with Crippen LogP contribution in [0.2, 0.25) is 10.0 Å². The molecule has 0 unspecified atom stereocenters. The first-order valence-corrected chi connectivity index (χ1v) is 10.4. The first-order valence-electron chi connectivity index (χ1n) is 7.57. The minimum atomic E-state index is -0.108. The smallest absolute Gasteiger partial charge is 0.233 e. The molecular weight excluding hydrogens is 381 g/mol. The number of carbonyl (C=O) groups is 1. The van der Waals surface area contributed by atoms with E-state index in [1.165, 1.54) is 0 Å². The summed E-state index contributed by atoms with van der Waals surface area (Å²) in [5.74, 6) is 1.71. The quantitative estimate of drug-likeness (QED) is 0.467. The van der Waals surface area contributed by atoms with Crippen LogP contribution in [0.25, 0.3) is 0 Å². The summed E-state index contributed by atoms with van der Waals surface area (Å²) < 4.78 is 0. The fourth-order valence-electron chi connectivity index (χ4n) is 1.97. The molecule has 2 aromatic rings. The number of nitrogens with one attached hydrogen (secondary N) is 1. The predicted molar refractivity (Wildman–Crippen MR) is 107 cm³/mol. The van der Waals surface area contributed by atoms with E-state index in [1.807, 2.05) is 49.4 Å². The van der Waals surface area contributed by atoms with Crippen molar-refractivity contribution in [3.63, 3.8) is 0 Å². The van der Waals surface area contributed by atoms with Gasteiger partial charge in [0.1, 0.15) is 0 Å². The van der Waals surface area contributed by atoms with Crippen LogP contribution >= 0.6 is 46.7 Å². The average molecular weight is 400 g/mol. The van der Waals surface area contributed by atoms with Crippen molar-refractivity contribution >= 4 is 52.6 Å². The van der Waals surface area contributed by atoms with Crippen LogP contribution in [0.15, 0.2) is 53.4 Å². The van der Waals surface area contributed by atoms with Gasteiger partial charge in [0.25, 0.3) is 0 Å². The first kappa shape index (κ1) is 19.5. The highest BCUT2D eigenvalue weighted by atomic mass is 35.5. The highest BCUT2D eigenvalue weighted by Gasteiger charge is 2.13. The fourth-order valence-corrected chi connectivity index (χ4v) is 4.30. The molecule has 0 saturated carbocycles. The highest BCUT2D eigenvalue weighted by molar-refractivity contribution is 8.00. The summed E-state index contributed by atoms with van der Waals surface area (Å²) in [6.07, 6.45) is 0. The zero-order valence-electron chi connectivity index (χ0n) is 13.3. The molecule has 1 amide bonds. The summed E-state index contributed by atoms with van der Waals surface area (Å²) >= 11 is 15.3. The molecule has 2 aromatic carbocycles. The molecule has 0 aromatic heterocycles. The number of benzene rings is 2. The van der Waals surface area contributed by atoms with Gasteiger partial charge in [-0.25, -0.2) is 0 Å². The predicted octanol–water partition coefficient (Wildman–Crippen LogP) is 5.52. The van der Waals surface area contributed by atoms with E-state index >= 15 is 0 Å². The minimum Gasteiger partial charge on any atom is -0.354 e. The second-order valence-electron chi connectivity index (χ2n) is 5.15. The monoisotopic (exact) mass is 399 g/mol. The van der Waals surface area contributed by atoms with Crippen molar-refractivity contribution < 1.29 is 4.79 Å². The molecule has 0 radical (unpaired) electrons. The fraction of sp³-hybridized carbons (Fsp3) is 0.278. The van der Waals surface area contributed by atoms with Gasteiger partial charge in [-0.05, 0) is 36.8 Å². The third-order valence-electron chi connectivity index (χ3n) is 3.24. The molecule has 1 N–H and O–H groups in total. The Labute approximate surface area is 161 Å². The van der Waals surface area contributed by atoms with E-state index in [0.717, 1.165) is 22.0 Å². The molecule has 6 heteroatoms. The minimum absolute atomic E-state index is 0.0639. The maximum Gasteiger partial charge on any atom is 0.233 e. The van der Waals surface area contributed by atoms with E-state index in [-0.39, 0.29) is 11.2 Å². The topological polar surface area (TPSA) is 29.1 Å².